The molecule has 2 aliphatic rings. The van der Waals surface area contributed by atoms with Gasteiger partial charge in [-0.3, -0.25) is 14.9 Å². The van der Waals surface area contributed by atoms with Crippen LogP contribution in [0.5, 0.6) is 5.75 Å². The molecule has 8 nitrogen and oxygen atoms in total. The molecular formula is C22H26N4O4. The molecule has 2 fully saturated rings. The molecule has 0 N–H and O–H groups in total. The van der Waals surface area contributed by atoms with Gasteiger partial charge in [-0.15, -0.1) is 0 Å². The lowest BCUT2D eigenvalue weighted by atomic mass is 10.1. The number of hydrogen-bond donors (Lipinski definition) is 0. The van der Waals surface area contributed by atoms with Crippen LogP contribution in [0.2, 0.25) is 0 Å². The van der Waals surface area contributed by atoms with Gasteiger partial charge in [0.25, 0.3) is 11.6 Å². The Bertz CT molecular complexity index is 917. The first-order valence-electron chi connectivity index (χ1n) is 10.3. The van der Waals surface area contributed by atoms with Crippen LogP contribution in [0.25, 0.3) is 0 Å². The van der Waals surface area contributed by atoms with Gasteiger partial charge in [0.05, 0.1) is 12.0 Å². The molecule has 0 aromatic heterocycles. The molecule has 0 spiro atoms. The number of nitro groups is 1. The molecule has 0 aliphatic carbocycles. The van der Waals surface area contributed by atoms with Crippen molar-refractivity contribution in [1.29, 1.82) is 0 Å². The van der Waals surface area contributed by atoms with Crippen LogP contribution in [-0.2, 0) is 0 Å². The van der Waals surface area contributed by atoms with Gasteiger partial charge in [0, 0.05) is 56.6 Å². The van der Waals surface area contributed by atoms with Crippen molar-refractivity contribution in [2.75, 3.05) is 56.2 Å². The van der Waals surface area contributed by atoms with E-state index in [1.54, 1.807) is 24.1 Å². The van der Waals surface area contributed by atoms with Crippen molar-refractivity contribution in [3.8, 4) is 5.75 Å². The second-order valence-corrected chi connectivity index (χ2v) is 7.63. The molecule has 30 heavy (non-hydrogen) atoms. The Morgan fingerprint density at radius 2 is 1.60 bits per heavy atom. The van der Waals surface area contributed by atoms with E-state index in [9.17, 15) is 14.9 Å². The molecule has 2 aromatic carbocycles. The van der Waals surface area contributed by atoms with Gasteiger partial charge in [-0.05, 0) is 49.2 Å². The second-order valence-electron chi connectivity index (χ2n) is 7.63. The topological polar surface area (TPSA) is 79.2 Å². The zero-order valence-corrected chi connectivity index (χ0v) is 17.1. The number of methoxy groups -OCH3 is 1. The molecule has 2 heterocycles. The summed E-state index contributed by atoms with van der Waals surface area (Å²) < 4.78 is 5.20. The van der Waals surface area contributed by atoms with E-state index >= 15 is 0 Å². The third-order valence-corrected chi connectivity index (χ3v) is 5.87. The molecule has 1 amide bonds. The Hall–Kier alpha value is -3.29. The minimum absolute atomic E-state index is 0.0135. The maximum Gasteiger partial charge on any atom is 0.293 e. The van der Waals surface area contributed by atoms with Crippen LogP contribution in [0, 0.1) is 10.1 Å². The van der Waals surface area contributed by atoms with Crippen LogP contribution in [-0.4, -0.2) is 62.1 Å². The average molecular weight is 410 g/mol. The van der Waals surface area contributed by atoms with Gasteiger partial charge in [0.15, 0.2) is 0 Å². The van der Waals surface area contributed by atoms with E-state index in [-0.39, 0.29) is 16.5 Å². The lowest BCUT2D eigenvalue weighted by Crippen LogP contribution is -2.48. The van der Waals surface area contributed by atoms with Gasteiger partial charge in [0.2, 0.25) is 0 Å². The van der Waals surface area contributed by atoms with Gasteiger partial charge in [-0.1, -0.05) is 0 Å². The summed E-state index contributed by atoms with van der Waals surface area (Å²) in [7, 11) is 1.64. The van der Waals surface area contributed by atoms with Gasteiger partial charge in [0.1, 0.15) is 11.4 Å². The summed E-state index contributed by atoms with van der Waals surface area (Å²) in [5.41, 5.74) is 2.09. The standard InChI is InChI=1S/C22H26N4O4/c1-30-19-7-5-18(6-8-19)23-12-14-25(15-13-23)22(27)17-4-9-20(21(16-17)26(28)29)24-10-2-3-11-24/h4-9,16H,2-3,10-15H2,1H3. The highest BCUT2D eigenvalue weighted by Crippen LogP contribution is 2.32. The van der Waals surface area contributed by atoms with Crippen molar-refractivity contribution in [2.24, 2.45) is 0 Å². The van der Waals surface area contributed by atoms with Gasteiger partial charge in [-0.25, -0.2) is 0 Å². The highest BCUT2D eigenvalue weighted by Gasteiger charge is 2.27. The number of piperazine rings is 1. The first-order valence-corrected chi connectivity index (χ1v) is 10.3. The van der Waals surface area contributed by atoms with Gasteiger partial charge >= 0.3 is 0 Å². The SMILES string of the molecule is COc1ccc(N2CCN(C(=O)c3ccc(N4CCCC4)c([N+](=O)[O-])c3)CC2)cc1. The lowest BCUT2D eigenvalue weighted by molar-refractivity contribution is -0.384. The second kappa shape index (κ2) is 8.61. The van der Waals surface area contributed by atoms with E-state index in [1.807, 2.05) is 29.2 Å². The molecule has 2 aliphatic heterocycles. The molecule has 2 saturated heterocycles. The zero-order valence-electron chi connectivity index (χ0n) is 17.1. The number of anilines is 2. The summed E-state index contributed by atoms with van der Waals surface area (Å²) >= 11 is 0. The Balaban J connectivity index is 1.44. The molecule has 8 heteroatoms. The Kier molecular flexibility index (Phi) is 5.74. The molecule has 2 aromatic rings. The molecule has 0 radical (unpaired) electrons. The van der Waals surface area contributed by atoms with E-state index < -0.39 is 0 Å². The summed E-state index contributed by atoms with van der Waals surface area (Å²) in [6.45, 7) is 4.22. The zero-order chi connectivity index (χ0) is 21.1. The predicted octanol–water partition coefficient (Wildman–Crippen LogP) is 3.17. The van der Waals surface area contributed by atoms with Crippen LogP contribution in [0.4, 0.5) is 17.1 Å². The third kappa shape index (κ3) is 4.03. The first-order chi connectivity index (χ1) is 14.6. The fraction of sp³-hybridized carbons (Fsp3) is 0.409. The summed E-state index contributed by atoms with van der Waals surface area (Å²) in [4.78, 5) is 30.2. The summed E-state index contributed by atoms with van der Waals surface area (Å²) in [5.74, 6) is 0.659. The molecule has 158 valence electrons. The maximum absolute atomic E-state index is 13.0. The minimum Gasteiger partial charge on any atom is -0.497 e. The molecule has 0 saturated carbocycles. The normalized spacial score (nSPS) is 16.6. The first kappa shape index (κ1) is 20.0. The summed E-state index contributed by atoms with van der Waals surface area (Å²) in [6, 6.07) is 12.8. The van der Waals surface area contributed by atoms with E-state index in [0.29, 0.717) is 37.4 Å². The van der Waals surface area contributed by atoms with Crippen molar-refractivity contribution >= 4 is 23.0 Å². The average Bonchev–Trinajstić information content (AvgIpc) is 3.33. The third-order valence-electron chi connectivity index (χ3n) is 5.87. The highest BCUT2D eigenvalue weighted by molar-refractivity contribution is 5.96. The number of nitro benzene ring substituents is 1. The van der Waals surface area contributed by atoms with E-state index in [4.69, 9.17) is 4.74 Å². The van der Waals surface area contributed by atoms with Crippen molar-refractivity contribution in [3.63, 3.8) is 0 Å². The van der Waals surface area contributed by atoms with E-state index in [0.717, 1.165) is 37.4 Å². The maximum atomic E-state index is 13.0. The lowest BCUT2D eigenvalue weighted by Gasteiger charge is -2.36. The number of carbonyl (C=O) groups excluding carboxylic acids is 1. The summed E-state index contributed by atoms with van der Waals surface area (Å²) in [5, 5.41) is 11.6. The molecule has 0 unspecified atom stereocenters. The minimum atomic E-state index is -0.383. The fourth-order valence-corrected chi connectivity index (χ4v) is 4.17. The number of ether oxygens (including phenoxy) is 1. The Labute approximate surface area is 175 Å². The molecular weight excluding hydrogens is 384 g/mol. The fourth-order valence-electron chi connectivity index (χ4n) is 4.17. The van der Waals surface area contributed by atoms with Crippen molar-refractivity contribution in [3.05, 3.63) is 58.1 Å². The number of carbonyl (C=O) groups is 1. The van der Waals surface area contributed by atoms with Crippen molar-refractivity contribution in [2.45, 2.75) is 12.8 Å². The van der Waals surface area contributed by atoms with Crippen LogP contribution >= 0.6 is 0 Å². The smallest absolute Gasteiger partial charge is 0.293 e. The monoisotopic (exact) mass is 410 g/mol. The molecule has 0 bridgehead atoms. The van der Waals surface area contributed by atoms with Gasteiger partial charge < -0.3 is 19.4 Å². The highest BCUT2D eigenvalue weighted by atomic mass is 16.6. The van der Waals surface area contributed by atoms with Gasteiger partial charge in [-0.2, -0.15) is 0 Å². The van der Waals surface area contributed by atoms with Crippen LogP contribution in [0.3, 0.4) is 0 Å². The quantitative estimate of drug-likeness (QED) is 0.557. The van der Waals surface area contributed by atoms with Crippen molar-refractivity contribution < 1.29 is 14.5 Å². The Morgan fingerprint density at radius 1 is 0.933 bits per heavy atom. The van der Waals surface area contributed by atoms with E-state index in [1.165, 1.54) is 6.07 Å². The number of rotatable bonds is 5. The summed E-state index contributed by atoms with van der Waals surface area (Å²) in [6.07, 6.45) is 2.08. The predicted molar refractivity (Wildman–Crippen MR) is 116 cm³/mol. The van der Waals surface area contributed by atoms with Crippen LogP contribution < -0.4 is 14.5 Å². The number of hydrogen-bond acceptors (Lipinski definition) is 6. The number of nitrogens with zero attached hydrogens (tertiary/aromatic N) is 4. The Morgan fingerprint density at radius 3 is 2.20 bits per heavy atom. The van der Waals surface area contributed by atoms with Crippen LogP contribution in [0.1, 0.15) is 23.2 Å². The van der Waals surface area contributed by atoms with Crippen LogP contribution in [0.15, 0.2) is 42.5 Å². The molecule has 0 atom stereocenters. The largest absolute Gasteiger partial charge is 0.497 e. The number of amides is 1. The molecule has 4 rings (SSSR count). The number of benzene rings is 2. The van der Waals surface area contributed by atoms with E-state index in [2.05, 4.69) is 4.90 Å². The van der Waals surface area contributed by atoms with Crippen molar-refractivity contribution in [1.82, 2.24) is 4.90 Å².